The SMILES string of the molecule is C=C1Nc2nc(CCCO)nn2[C@@H](c2cccc(C)c2)[C@@H]1C(=O)Nc1ccccc1C. The standard InChI is InChI=1S/C24H27N5O2/c1-15-8-6-10-18(14-15)22-21(23(31)26-19-11-5-4-9-16(19)2)17(3)25-24-27-20(12-7-13-30)28-29(22)24/h4-6,8-11,14,21-22,30H,3,7,12-13H2,1-2H3,(H,26,31)(H,25,27,28)/t21-,22+/m1/s1. The Morgan fingerprint density at radius 3 is 2.77 bits per heavy atom. The van der Waals surface area contributed by atoms with E-state index < -0.39 is 5.92 Å². The molecule has 0 spiro atoms. The maximum atomic E-state index is 13.5. The number of benzene rings is 2. The molecule has 1 aliphatic rings. The van der Waals surface area contributed by atoms with E-state index in [4.69, 9.17) is 5.11 Å². The van der Waals surface area contributed by atoms with Crippen LogP contribution in [0.15, 0.2) is 60.8 Å². The molecule has 160 valence electrons. The average molecular weight is 418 g/mol. The fraction of sp³-hybridized carbons (Fsp3) is 0.292. The van der Waals surface area contributed by atoms with Gasteiger partial charge in [0, 0.05) is 24.4 Å². The first-order valence-corrected chi connectivity index (χ1v) is 10.4. The smallest absolute Gasteiger partial charge is 0.235 e. The van der Waals surface area contributed by atoms with E-state index in [1.54, 1.807) is 4.68 Å². The Labute approximate surface area is 181 Å². The highest BCUT2D eigenvalue weighted by molar-refractivity contribution is 5.96. The van der Waals surface area contributed by atoms with Gasteiger partial charge in [-0.15, -0.1) is 0 Å². The van der Waals surface area contributed by atoms with Crippen LogP contribution in [-0.2, 0) is 11.2 Å². The van der Waals surface area contributed by atoms with Crippen molar-refractivity contribution in [2.24, 2.45) is 5.92 Å². The molecule has 0 saturated heterocycles. The van der Waals surface area contributed by atoms with Gasteiger partial charge < -0.3 is 15.7 Å². The Bertz CT molecular complexity index is 1120. The molecule has 0 radical (unpaired) electrons. The van der Waals surface area contributed by atoms with E-state index in [9.17, 15) is 4.79 Å². The van der Waals surface area contributed by atoms with E-state index in [0.29, 0.717) is 30.3 Å². The molecule has 0 saturated carbocycles. The highest BCUT2D eigenvalue weighted by Crippen LogP contribution is 2.38. The summed E-state index contributed by atoms with van der Waals surface area (Å²) in [6.45, 7) is 8.22. The minimum absolute atomic E-state index is 0.0762. The lowest BCUT2D eigenvalue weighted by atomic mass is 9.87. The zero-order chi connectivity index (χ0) is 22.0. The first kappa shape index (κ1) is 20.8. The molecule has 31 heavy (non-hydrogen) atoms. The summed E-state index contributed by atoms with van der Waals surface area (Å²) < 4.78 is 1.78. The minimum atomic E-state index is -0.582. The summed E-state index contributed by atoms with van der Waals surface area (Å²) in [6.07, 6.45) is 1.14. The van der Waals surface area contributed by atoms with Crippen molar-refractivity contribution >= 4 is 17.5 Å². The Kier molecular flexibility index (Phi) is 5.86. The minimum Gasteiger partial charge on any atom is -0.396 e. The number of nitrogens with one attached hydrogen (secondary N) is 2. The van der Waals surface area contributed by atoms with E-state index in [-0.39, 0.29) is 18.6 Å². The second-order valence-corrected chi connectivity index (χ2v) is 7.91. The fourth-order valence-corrected chi connectivity index (χ4v) is 3.96. The van der Waals surface area contributed by atoms with Crippen LogP contribution in [0.4, 0.5) is 11.6 Å². The average Bonchev–Trinajstić information content (AvgIpc) is 3.15. The van der Waals surface area contributed by atoms with Crippen molar-refractivity contribution in [1.82, 2.24) is 14.8 Å². The maximum absolute atomic E-state index is 13.5. The number of nitrogens with zero attached hydrogens (tertiary/aromatic N) is 3. The number of aromatic nitrogens is 3. The van der Waals surface area contributed by atoms with Gasteiger partial charge in [0.2, 0.25) is 11.9 Å². The van der Waals surface area contributed by atoms with Crippen LogP contribution in [0, 0.1) is 19.8 Å². The molecule has 1 aromatic heterocycles. The van der Waals surface area contributed by atoms with Crippen LogP contribution >= 0.6 is 0 Å². The molecule has 0 aliphatic carbocycles. The first-order chi connectivity index (χ1) is 15.0. The van der Waals surface area contributed by atoms with Crippen molar-refractivity contribution < 1.29 is 9.90 Å². The van der Waals surface area contributed by atoms with Crippen molar-refractivity contribution in [3.05, 3.63) is 83.3 Å². The number of hydrogen-bond acceptors (Lipinski definition) is 5. The van der Waals surface area contributed by atoms with Gasteiger partial charge in [-0.25, -0.2) is 4.68 Å². The van der Waals surface area contributed by atoms with Crippen LogP contribution in [0.2, 0.25) is 0 Å². The monoisotopic (exact) mass is 417 g/mol. The van der Waals surface area contributed by atoms with E-state index >= 15 is 0 Å². The van der Waals surface area contributed by atoms with Gasteiger partial charge in [0.25, 0.3) is 0 Å². The van der Waals surface area contributed by atoms with Gasteiger partial charge in [-0.3, -0.25) is 4.79 Å². The second-order valence-electron chi connectivity index (χ2n) is 7.91. The molecule has 0 bridgehead atoms. The fourth-order valence-electron chi connectivity index (χ4n) is 3.96. The number of hydrogen-bond donors (Lipinski definition) is 3. The molecule has 0 fully saturated rings. The Morgan fingerprint density at radius 1 is 1.23 bits per heavy atom. The van der Waals surface area contributed by atoms with Gasteiger partial charge in [0.05, 0.1) is 6.04 Å². The molecule has 3 N–H and O–H groups in total. The van der Waals surface area contributed by atoms with Gasteiger partial charge in [0.1, 0.15) is 5.92 Å². The quantitative estimate of drug-likeness (QED) is 0.570. The maximum Gasteiger partial charge on any atom is 0.235 e. The summed E-state index contributed by atoms with van der Waals surface area (Å²) in [5.41, 5.74) is 4.40. The lowest BCUT2D eigenvalue weighted by Gasteiger charge is -2.34. The third-order valence-corrected chi connectivity index (χ3v) is 5.53. The number of aryl methyl sites for hydroxylation is 3. The lowest BCUT2D eigenvalue weighted by Crippen LogP contribution is -2.39. The van der Waals surface area contributed by atoms with Crippen LogP contribution in [0.3, 0.4) is 0 Å². The molecular weight excluding hydrogens is 390 g/mol. The van der Waals surface area contributed by atoms with Crippen LogP contribution in [0.1, 0.15) is 35.0 Å². The molecule has 2 aromatic carbocycles. The molecule has 3 aromatic rings. The number of amides is 1. The van der Waals surface area contributed by atoms with E-state index in [0.717, 1.165) is 22.4 Å². The number of para-hydroxylation sites is 1. The topological polar surface area (TPSA) is 92.1 Å². The van der Waals surface area contributed by atoms with Crippen LogP contribution in [0.25, 0.3) is 0 Å². The Hall–Kier alpha value is -3.45. The zero-order valence-electron chi connectivity index (χ0n) is 17.8. The summed E-state index contributed by atoms with van der Waals surface area (Å²) in [5, 5.41) is 20.1. The number of carbonyl (C=O) groups excluding carboxylic acids is 1. The summed E-state index contributed by atoms with van der Waals surface area (Å²) >= 11 is 0. The van der Waals surface area contributed by atoms with Crippen molar-refractivity contribution in [2.45, 2.75) is 32.7 Å². The third-order valence-electron chi connectivity index (χ3n) is 5.53. The van der Waals surface area contributed by atoms with Crippen molar-refractivity contribution in [3.63, 3.8) is 0 Å². The largest absolute Gasteiger partial charge is 0.396 e. The van der Waals surface area contributed by atoms with Crippen LogP contribution < -0.4 is 10.6 Å². The third kappa shape index (κ3) is 4.22. The zero-order valence-corrected chi connectivity index (χ0v) is 17.8. The highest BCUT2D eigenvalue weighted by atomic mass is 16.3. The summed E-state index contributed by atoms with van der Waals surface area (Å²) in [6, 6.07) is 15.4. The molecule has 4 rings (SSSR count). The number of carbonyl (C=O) groups is 1. The second kappa shape index (κ2) is 8.73. The van der Waals surface area contributed by atoms with Crippen molar-refractivity contribution in [2.75, 3.05) is 17.2 Å². The van der Waals surface area contributed by atoms with Crippen molar-refractivity contribution in [3.8, 4) is 0 Å². The van der Waals surface area contributed by atoms with E-state index in [2.05, 4.69) is 33.4 Å². The van der Waals surface area contributed by atoms with Gasteiger partial charge in [-0.2, -0.15) is 10.1 Å². The predicted octanol–water partition coefficient (Wildman–Crippen LogP) is 3.60. The number of rotatable bonds is 6. The molecule has 7 heteroatoms. The van der Waals surface area contributed by atoms with Gasteiger partial charge in [-0.05, 0) is 37.5 Å². The van der Waals surface area contributed by atoms with Crippen LogP contribution in [-0.4, -0.2) is 32.4 Å². The molecule has 1 aliphatic heterocycles. The molecule has 2 atom stereocenters. The molecule has 7 nitrogen and oxygen atoms in total. The Balaban J connectivity index is 1.75. The molecule has 2 heterocycles. The van der Waals surface area contributed by atoms with Gasteiger partial charge in [0.15, 0.2) is 5.82 Å². The van der Waals surface area contributed by atoms with E-state index in [1.807, 2.05) is 56.3 Å². The summed E-state index contributed by atoms with van der Waals surface area (Å²) in [5.74, 6) is 0.448. The highest BCUT2D eigenvalue weighted by Gasteiger charge is 2.40. The van der Waals surface area contributed by atoms with Crippen LogP contribution in [0.5, 0.6) is 0 Å². The number of fused-ring (bicyclic) bond motifs is 1. The predicted molar refractivity (Wildman–Crippen MR) is 121 cm³/mol. The number of aliphatic hydroxyl groups is 1. The molecular formula is C24H27N5O2. The normalized spacial score (nSPS) is 17.7. The first-order valence-electron chi connectivity index (χ1n) is 10.4. The number of anilines is 2. The van der Waals surface area contributed by atoms with E-state index in [1.165, 1.54) is 0 Å². The van der Waals surface area contributed by atoms with Gasteiger partial charge >= 0.3 is 0 Å². The molecule has 1 amide bonds. The van der Waals surface area contributed by atoms with Crippen molar-refractivity contribution in [1.29, 1.82) is 0 Å². The number of aliphatic hydroxyl groups excluding tert-OH is 1. The summed E-state index contributed by atoms with van der Waals surface area (Å²) in [7, 11) is 0. The summed E-state index contributed by atoms with van der Waals surface area (Å²) in [4.78, 5) is 18.0. The molecule has 0 unspecified atom stereocenters. The van der Waals surface area contributed by atoms with Gasteiger partial charge in [-0.1, -0.05) is 54.6 Å². The Morgan fingerprint density at radius 2 is 2.03 bits per heavy atom. The lowest BCUT2D eigenvalue weighted by molar-refractivity contribution is -0.119.